The summed E-state index contributed by atoms with van der Waals surface area (Å²) in [6, 6.07) is 18.9. The van der Waals surface area contributed by atoms with Crippen molar-refractivity contribution < 1.29 is 24.4 Å². The maximum Gasteiger partial charge on any atom is 0.247 e. The monoisotopic (exact) mass is 529 g/mol. The Balaban J connectivity index is 1.56. The molecule has 0 radical (unpaired) electrons. The number of benzene rings is 3. The van der Waals surface area contributed by atoms with Crippen molar-refractivity contribution in [1.82, 2.24) is 9.97 Å². The van der Waals surface area contributed by atoms with Gasteiger partial charge in [0.15, 0.2) is 28.8 Å². The number of nitrogens with zero attached hydrogens (tertiary/aromatic N) is 4. The molecule has 0 unspecified atom stereocenters. The van der Waals surface area contributed by atoms with Crippen LogP contribution in [0.5, 0.6) is 28.7 Å². The van der Waals surface area contributed by atoms with Gasteiger partial charge >= 0.3 is 0 Å². The molecule has 0 bridgehead atoms. The van der Waals surface area contributed by atoms with Crippen LogP contribution in [0.3, 0.4) is 0 Å². The average molecular weight is 530 g/mol. The van der Waals surface area contributed by atoms with E-state index < -0.39 is 0 Å². The van der Waals surface area contributed by atoms with Crippen LogP contribution < -0.4 is 30.4 Å². The van der Waals surface area contributed by atoms with Crippen molar-refractivity contribution in [3.63, 3.8) is 0 Å². The fourth-order valence-electron chi connectivity index (χ4n) is 3.42. The number of aromatic nitrogens is 2. The summed E-state index contributed by atoms with van der Waals surface area (Å²) in [5.41, 5.74) is 7.63. The lowest BCUT2D eigenvalue weighted by Crippen LogP contribution is -2.04. The lowest BCUT2D eigenvalue weighted by Gasteiger charge is -2.12. The standard InChI is InChI=1S/C27H27N7O5/c1-37-22-7-5-4-6-19(22)30-25-14-26(33-28-15-17-8-10-23(38-2)20(35)12-17)32-27(31-25)34-29-16-18-9-11-24(39-3)21(36)13-18/h4-16,35-36H,1-3H3,(H3,30,31,32,33,34). The molecule has 4 rings (SSSR count). The minimum atomic E-state index is -0.00441. The number of hydrogen-bond acceptors (Lipinski definition) is 12. The van der Waals surface area contributed by atoms with E-state index in [0.717, 1.165) is 0 Å². The number of anilines is 4. The summed E-state index contributed by atoms with van der Waals surface area (Å²) in [4.78, 5) is 8.87. The molecule has 3 aromatic carbocycles. The van der Waals surface area contributed by atoms with Crippen LogP contribution >= 0.6 is 0 Å². The molecule has 0 amide bonds. The predicted molar refractivity (Wildman–Crippen MR) is 150 cm³/mol. The van der Waals surface area contributed by atoms with E-state index in [4.69, 9.17) is 14.2 Å². The molecule has 0 aliphatic carbocycles. The van der Waals surface area contributed by atoms with Gasteiger partial charge in [-0.1, -0.05) is 12.1 Å². The maximum atomic E-state index is 9.98. The zero-order valence-electron chi connectivity index (χ0n) is 21.4. The fourth-order valence-corrected chi connectivity index (χ4v) is 3.42. The van der Waals surface area contributed by atoms with Crippen molar-refractivity contribution in [1.29, 1.82) is 0 Å². The number of methoxy groups -OCH3 is 3. The third-order valence-corrected chi connectivity index (χ3v) is 5.27. The third kappa shape index (κ3) is 7.04. The summed E-state index contributed by atoms with van der Waals surface area (Å²) in [7, 11) is 4.54. The molecule has 1 aromatic heterocycles. The fraction of sp³-hybridized carbons (Fsp3) is 0.111. The molecule has 0 atom stereocenters. The van der Waals surface area contributed by atoms with Crippen LogP contribution in [-0.2, 0) is 0 Å². The molecular formula is C27H27N7O5. The van der Waals surface area contributed by atoms with Crippen molar-refractivity contribution in [2.45, 2.75) is 0 Å². The summed E-state index contributed by atoms with van der Waals surface area (Å²) >= 11 is 0. The molecule has 200 valence electrons. The second-order valence-electron chi connectivity index (χ2n) is 7.89. The Hall–Kier alpha value is -5.52. The number of para-hydroxylation sites is 2. The average Bonchev–Trinajstić information content (AvgIpc) is 2.93. The van der Waals surface area contributed by atoms with Gasteiger partial charge in [0.25, 0.3) is 0 Å². The number of ether oxygens (including phenoxy) is 3. The van der Waals surface area contributed by atoms with Gasteiger partial charge in [0, 0.05) is 6.07 Å². The van der Waals surface area contributed by atoms with Gasteiger partial charge in [-0.25, -0.2) is 5.43 Å². The highest BCUT2D eigenvalue weighted by molar-refractivity contribution is 5.82. The Kier molecular flexibility index (Phi) is 8.60. The number of rotatable bonds is 11. The van der Waals surface area contributed by atoms with E-state index in [9.17, 15) is 10.2 Å². The minimum Gasteiger partial charge on any atom is -0.504 e. The normalized spacial score (nSPS) is 10.9. The molecular weight excluding hydrogens is 502 g/mol. The first-order chi connectivity index (χ1) is 19.0. The lowest BCUT2D eigenvalue weighted by molar-refractivity contribution is 0.373. The van der Waals surface area contributed by atoms with Crippen LogP contribution in [0.25, 0.3) is 0 Å². The second-order valence-corrected chi connectivity index (χ2v) is 7.89. The Morgan fingerprint density at radius 2 is 1.23 bits per heavy atom. The molecule has 39 heavy (non-hydrogen) atoms. The quantitative estimate of drug-likeness (QED) is 0.138. The van der Waals surface area contributed by atoms with Crippen molar-refractivity contribution in [2.24, 2.45) is 10.2 Å². The molecule has 12 heteroatoms. The van der Waals surface area contributed by atoms with E-state index in [2.05, 4.69) is 36.3 Å². The third-order valence-electron chi connectivity index (χ3n) is 5.27. The Morgan fingerprint density at radius 1 is 0.667 bits per heavy atom. The predicted octanol–water partition coefficient (Wildman–Crippen LogP) is 4.55. The zero-order valence-corrected chi connectivity index (χ0v) is 21.4. The van der Waals surface area contributed by atoms with E-state index in [1.165, 1.54) is 38.8 Å². The molecule has 0 aliphatic heterocycles. The molecule has 12 nitrogen and oxygen atoms in total. The summed E-state index contributed by atoms with van der Waals surface area (Å²) in [6.07, 6.45) is 3.03. The van der Waals surface area contributed by atoms with E-state index in [0.29, 0.717) is 45.7 Å². The van der Waals surface area contributed by atoms with Crippen molar-refractivity contribution >= 4 is 35.7 Å². The van der Waals surface area contributed by atoms with E-state index in [1.807, 2.05) is 24.3 Å². The van der Waals surface area contributed by atoms with Crippen LogP contribution in [0.15, 0.2) is 76.9 Å². The summed E-state index contributed by atoms with van der Waals surface area (Å²) in [5.74, 6) is 2.32. The molecule has 0 spiro atoms. The number of hydrogen-bond donors (Lipinski definition) is 5. The molecule has 0 saturated heterocycles. The molecule has 4 aromatic rings. The first-order valence-corrected chi connectivity index (χ1v) is 11.6. The summed E-state index contributed by atoms with van der Waals surface area (Å²) < 4.78 is 15.5. The highest BCUT2D eigenvalue weighted by Gasteiger charge is 2.08. The van der Waals surface area contributed by atoms with E-state index >= 15 is 0 Å². The summed E-state index contributed by atoms with van der Waals surface area (Å²) in [6.45, 7) is 0. The first kappa shape index (κ1) is 26.5. The molecule has 0 aliphatic rings. The Labute approximate surface area is 224 Å². The zero-order chi connectivity index (χ0) is 27.6. The van der Waals surface area contributed by atoms with Crippen molar-refractivity contribution in [3.8, 4) is 28.7 Å². The van der Waals surface area contributed by atoms with E-state index in [-0.39, 0.29) is 17.4 Å². The highest BCUT2D eigenvalue weighted by Crippen LogP contribution is 2.28. The molecule has 1 heterocycles. The number of phenols is 2. The largest absolute Gasteiger partial charge is 0.504 e. The van der Waals surface area contributed by atoms with Crippen LogP contribution in [0.4, 0.5) is 23.3 Å². The second kappa shape index (κ2) is 12.6. The van der Waals surface area contributed by atoms with Gasteiger partial charge in [0.1, 0.15) is 11.6 Å². The van der Waals surface area contributed by atoms with Gasteiger partial charge in [0.05, 0.1) is 39.4 Å². The maximum absolute atomic E-state index is 9.98. The van der Waals surface area contributed by atoms with Crippen LogP contribution in [0, 0.1) is 0 Å². The smallest absolute Gasteiger partial charge is 0.247 e. The van der Waals surface area contributed by atoms with Gasteiger partial charge in [-0.3, -0.25) is 5.43 Å². The van der Waals surface area contributed by atoms with Gasteiger partial charge < -0.3 is 29.7 Å². The number of aromatic hydroxyl groups is 2. The van der Waals surface area contributed by atoms with Crippen LogP contribution in [0.2, 0.25) is 0 Å². The van der Waals surface area contributed by atoms with Crippen molar-refractivity contribution in [3.05, 3.63) is 77.9 Å². The van der Waals surface area contributed by atoms with Gasteiger partial charge in [-0.15, -0.1) is 0 Å². The minimum absolute atomic E-state index is 0.00121. The lowest BCUT2D eigenvalue weighted by atomic mass is 10.2. The number of hydrazone groups is 2. The van der Waals surface area contributed by atoms with Gasteiger partial charge in [-0.05, 0) is 59.7 Å². The molecule has 0 fully saturated rings. The van der Waals surface area contributed by atoms with Crippen LogP contribution in [0.1, 0.15) is 11.1 Å². The SMILES string of the molecule is COc1ccc(C=NNc2cc(Nc3ccccc3OC)nc(NN=Cc3ccc(OC)c(O)c3)n2)cc1O. The van der Waals surface area contributed by atoms with Crippen LogP contribution in [-0.4, -0.2) is 53.9 Å². The number of nitrogens with one attached hydrogen (secondary N) is 3. The Morgan fingerprint density at radius 3 is 1.82 bits per heavy atom. The molecule has 5 N–H and O–H groups in total. The summed E-state index contributed by atoms with van der Waals surface area (Å²) in [5, 5.41) is 31.6. The number of phenolic OH excluding ortho intramolecular Hbond substituents is 2. The van der Waals surface area contributed by atoms with Gasteiger partial charge in [-0.2, -0.15) is 20.2 Å². The highest BCUT2D eigenvalue weighted by atomic mass is 16.5. The van der Waals surface area contributed by atoms with E-state index in [1.54, 1.807) is 37.4 Å². The van der Waals surface area contributed by atoms with Gasteiger partial charge in [0.2, 0.25) is 5.95 Å². The molecule has 0 saturated carbocycles. The van der Waals surface area contributed by atoms with Crippen molar-refractivity contribution in [2.75, 3.05) is 37.5 Å². The first-order valence-electron chi connectivity index (χ1n) is 11.6. The Bertz CT molecular complexity index is 1410. The topological polar surface area (TPSA) is 155 Å².